The molecular formula is C15H15ClFNO. The number of benzene rings is 2. The third-order valence-corrected chi connectivity index (χ3v) is 2.90. The number of nitrogens with one attached hydrogen (secondary N) is 1. The molecule has 4 heteroatoms. The molecule has 19 heavy (non-hydrogen) atoms. The normalized spacial score (nSPS) is 10.3. The summed E-state index contributed by atoms with van der Waals surface area (Å²) in [6.45, 7) is 2.86. The minimum Gasteiger partial charge on any atom is -0.492 e. The number of rotatable bonds is 5. The Balaban J connectivity index is 2.14. The van der Waals surface area contributed by atoms with Crippen LogP contribution in [0.25, 0.3) is 0 Å². The summed E-state index contributed by atoms with van der Waals surface area (Å²) in [4.78, 5) is 0. The standard InChI is InChI=1S/C15H15ClFNO/c1-2-19-15-8-7-12(16)9-14(15)18-10-11-5-3-4-6-13(11)17/h3-9,18H,2,10H2,1H3. The highest BCUT2D eigenvalue weighted by molar-refractivity contribution is 6.30. The summed E-state index contributed by atoms with van der Waals surface area (Å²) in [7, 11) is 0. The van der Waals surface area contributed by atoms with Gasteiger partial charge in [-0.3, -0.25) is 0 Å². The van der Waals surface area contributed by atoms with E-state index in [1.807, 2.05) is 13.0 Å². The van der Waals surface area contributed by atoms with Crippen molar-refractivity contribution in [1.82, 2.24) is 0 Å². The maximum absolute atomic E-state index is 13.5. The maximum atomic E-state index is 13.5. The Bertz CT molecular complexity index is 560. The number of anilines is 1. The van der Waals surface area contributed by atoms with Crippen molar-refractivity contribution in [2.45, 2.75) is 13.5 Å². The third-order valence-electron chi connectivity index (χ3n) is 2.67. The van der Waals surface area contributed by atoms with Gasteiger partial charge in [-0.2, -0.15) is 0 Å². The summed E-state index contributed by atoms with van der Waals surface area (Å²) in [5.41, 5.74) is 1.36. The van der Waals surface area contributed by atoms with E-state index in [0.29, 0.717) is 29.5 Å². The number of hydrogen-bond donors (Lipinski definition) is 1. The predicted octanol–water partition coefficient (Wildman–Crippen LogP) is 4.49. The van der Waals surface area contributed by atoms with Crippen LogP contribution in [-0.2, 0) is 6.54 Å². The fourth-order valence-electron chi connectivity index (χ4n) is 1.75. The van der Waals surface area contributed by atoms with Gasteiger partial charge in [-0.15, -0.1) is 0 Å². The van der Waals surface area contributed by atoms with Gasteiger partial charge >= 0.3 is 0 Å². The molecular weight excluding hydrogens is 265 g/mol. The maximum Gasteiger partial charge on any atom is 0.142 e. The molecule has 0 radical (unpaired) electrons. The molecule has 2 rings (SSSR count). The van der Waals surface area contributed by atoms with Crippen molar-refractivity contribution in [3.8, 4) is 5.75 Å². The van der Waals surface area contributed by atoms with Crippen LogP contribution in [0.4, 0.5) is 10.1 Å². The van der Waals surface area contributed by atoms with Crippen LogP contribution in [0.3, 0.4) is 0 Å². The van der Waals surface area contributed by atoms with Gasteiger partial charge in [0.1, 0.15) is 11.6 Å². The Kier molecular flexibility index (Phi) is 4.63. The van der Waals surface area contributed by atoms with E-state index in [1.165, 1.54) is 6.07 Å². The molecule has 0 fully saturated rings. The first kappa shape index (κ1) is 13.7. The molecule has 0 aliphatic heterocycles. The van der Waals surface area contributed by atoms with E-state index in [-0.39, 0.29) is 5.82 Å². The first-order chi connectivity index (χ1) is 9.20. The van der Waals surface area contributed by atoms with Crippen molar-refractivity contribution < 1.29 is 9.13 Å². The van der Waals surface area contributed by atoms with Crippen LogP contribution in [0.15, 0.2) is 42.5 Å². The van der Waals surface area contributed by atoms with E-state index in [9.17, 15) is 4.39 Å². The summed E-state index contributed by atoms with van der Waals surface area (Å²) in [5, 5.41) is 3.76. The van der Waals surface area contributed by atoms with Crippen LogP contribution in [0.1, 0.15) is 12.5 Å². The molecule has 0 saturated carbocycles. The number of halogens is 2. The molecule has 0 aliphatic rings. The quantitative estimate of drug-likeness (QED) is 0.871. The minimum atomic E-state index is -0.227. The van der Waals surface area contributed by atoms with Crippen LogP contribution >= 0.6 is 11.6 Å². The molecule has 0 saturated heterocycles. The van der Waals surface area contributed by atoms with Gasteiger partial charge in [0.15, 0.2) is 0 Å². The predicted molar refractivity (Wildman–Crippen MR) is 76.3 cm³/mol. The summed E-state index contributed by atoms with van der Waals surface area (Å²) < 4.78 is 19.0. The summed E-state index contributed by atoms with van der Waals surface area (Å²) in [5.74, 6) is 0.484. The van der Waals surface area contributed by atoms with Crippen molar-refractivity contribution in [2.24, 2.45) is 0 Å². The highest BCUT2D eigenvalue weighted by Gasteiger charge is 2.06. The van der Waals surface area contributed by atoms with Crippen molar-refractivity contribution in [3.05, 3.63) is 58.9 Å². The van der Waals surface area contributed by atoms with Crippen LogP contribution in [0.2, 0.25) is 5.02 Å². The molecule has 0 atom stereocenters. The largest absolute Gasteiger partial charge is 0.492 e. The highest BCUT2D eigenvalue weighted by Crippen LogP contribution is 2.28. The lowest BCUT2D eigenvalue weighted by Gasteiger charge is -2.13. The van der Waals surface area contributed by atoms with Gasteiger partial charge in [0.05, 0.1) is 12.3 Å². The molecule has 0 spiro atoms. The second kappa shape index (κ2) is 6.43. The SMILES string of the molecule is CCOc1ccc(Cl)cc1NCc1ccccc1F. The first-order valence-electron chi connectivity index (χ1n) is 6.10. The van der Waals surface area contributed by atoms with Gasteiger partial charge in [0.25, 0.3) is 0 Å². The molecule has 2 aromatic carbocycles. The molecule has 0 unspecified atom stereocenters. The van der Waals surface area contributed by atoms with E-state index in [2.05, 4.69) is 5.32 Å². The average Bonchev–Trinajstić information content (AvgIpc) is 2.41. The molecule has 100 valence electrons. The Morgan fingerprint density at radius 2 is 2.00 bits per heavy atom. The van der Waals surface area contributed by atoms with Crippen molar-refractivity contribution in [2.75, 3.05) is 11.9 Å². The van der Waals surface area contributed by atoms with E-state index in [1.54, 1.807) is 30.3 Å². The lowest BCUT2D eigenvalue weighted by Crippen LogP contribution is -2.04. The van der Waals surface area contributed by atoms with Crippen molar-refractivity contribution in [1.29, 1.82) is 0 Å². The molecule has 1 N–H and O–H groups in total. The number of hydrogen-bond acceptors (Lipinski definition) is 2. The lowest BCUT2D eigenvalue weighted by atomic mass is 10.2. The van der Waals surface area contributed by atoms with E-state index >= 15 is 0 Å². The second-order valence-corrected chi connectivity index (χ2v) is 4.45. The van der Waals surface area contributed by atoms with Gasteiger partial charge in [0.2, 0.25) is 0 Å². The van der Waals surface area contributed by atoms with Gasteiger partial charge in [-0.1, -0.05) is 29.8 Å². The smallest absolute Gasteiger partial charge is 0.142 e. The zero-order valence-corrected chi connectivity index (χ0v) is 11.4. The monoisotopic (exact) mass is 279 g/mol. The van der Waals surface area contributed by atoms with Crippen molar-refractivity contribution >= 4 is 17.3 Å². The molecule has 0 aromatic heterocycles. The van der Waals surface area contributed by atoms with Crippen LogP contribution < -0.4 is 10.1 Å². The summed E-state index contributed by atoms with van der Waals surface area (Å²) in [6.07, 6.45) is 0. The van der Waals surface area contributed by atoms with Crippen molar-refractivity contribution in [3.63, 3.8) is 0 Å². The van der Waals surface area contributed by atoms with Gasteiger partial charge in [0, 0.05) is 17.1 Å². The lowest BCUT2D eigenvalue weighted by molar-refractivity contribution is 0.341. The molecule has 0 amide bonds. The average molecular weight is 280 g/mol. The van der Waals surface area contributed by atoms with Gasteiger partial charge < -0.3 is 10.1 Å². The van der Waals surface area contributed by atoms with Crippen LogP contribution in [-0.4, -0.2) is 6.61 Å². The van der Waals surface area contributed by atoms with E-state index in [4.69, 9.17) is 16.3 Å². The molecule has 2 nitrogen and oxygen atoms in total. The fraction of sp³-hybridized carbons (Fsp3) is 0.200. The Labute approximate surface area is 117 Å². The zero-order valence-electron chi connectivity index (χ0n) is 10.6. The summed E-state index contributed by atoms with van der Waals surface area (Å²) >= 11 is 5.96. The Morgan fingerprint density at radius 3 is 2.74 bits per heavy atom. The van der Waals surface area contributed by atoms with Crippen LogP contribution in [0.5, 0.6) is 5.75 Å². The molecule has 0 bridgehead atoms. The molecule has 0 aliphatic carbocycles. The third kappa shape index (κ3) is 3.61. The number of ether oxygens (including phenoxy) is 1. The molecule has 2 aromatic rings. The molecule has 0 heterocycles. The van der Waals surface area contributed by atoms with Gasteiger partial charge in [-0.05, 0) is 31.2 Å². The first-order valence-corrected chi connectivity index (χ1v) is 6.48. The Hall–Kier alpha value is -1.74. The van der Waals surface area contributed by atoms with E-state index < -0.39 is 0 Å². The van der Waals surface area contributed by atoms with Crippen LogP contribution in [0, 0.1) is 5.82 Å². The minimum absolute atomic E-state index is 0.227. The zero-order chi connectivity index (χ0) is 13.7. The topological polar surface area (TPSA) is 21.3 Å². The van der Waals surface area contributed by atoms with E-state index in [0.717, 1.165) is 5.69 Å². The summed E-state index contributed by atoms with van der Waals surface area (Å²) in [6, 6.07) is 12.0. The van der Waals surface area contributed by atoms with Gasteiger partial charge in [-0.25, -0.2) is 4.39 Å². The highest BCUT2D eigenvalue weighted by atomic mass is 35.5. The fourth-order valence-corrected chi connectivity index (χ4v) is 1.93. The Morgan fingerprint density at radius 1 is 1.21 bits per heavy atom. The second-order valence-electron chi connectivity index (χ2n) is 4.02.